The van der Waals surface area contributed by atoms with Crippen LogP contribution < -0.4 is 5.32 Å². The number of carbonyl (C=O) groups excluding carboxylic acids is 1. The van der Waals surface area contributed by atoms with Gasteiger partial charge < -0.3 is 5.32 Å². The second-order valence-electron chi connectivity index (χ2n) is 6.77. The Hall–Kier alpha value is -0.206. The smallest absolute Gasteiger partial charge is 0.222 e. The molecule has 1 radical (unpaired) electrons. The van der Waals surface area contributed by atoms with Crippen molar-refractivity contribution >= 4 is 5.91 Å². The van der Waals surface area contributed by atoms with E-state index < -0.39 is 0 Å². The zero-order valence-corrected chi connectivity index (χ0v) is 16.6. The van der Waals surface area contributed by atoms with E-state index in [2.05, 4.69) is 39.1 Å². The molecule has 0 aromatic heterocycles. The molecule has 1 aliphatic carbocycles. The van der Waals surface area contributed by atoms with Crippen LogP contribution in [0.3, 0.4) is 0 Å². The Kier molecular flexibility index (Phi) is 7.07. The van der Waals surface area contributed by atoms with E-state index in [0.717, 1.165) is 35.4 Å². The van der Waals surface area contributed by atoms with Crippen molar-refractivity contribution in [1.29, 1.82) is 0 Å². The average Bonchev–Trinajstić information content (AvgIpc) is 2.38. The molecule has 1 fully saturated rings. The standard InChI is InChI=1S/C18H26NO.Y/c1-13-8-10-18(4,11-9-13)19-17(20)12-16-14(2)6-5-7-15(16)3;/h6-7,13H,8-12H2,1-4H3,(H,19,20);/q-1;. The third-order valence-electron chi connectivity index (χ3n) is 4.71. The zero-order valence-electron chi connectivity index (χ0n) is 13.8. The van der Waals surface area contributed by atoms with Gasteiger partial charge in [0.15, 0.2) is 0 Å². The van der Waals surface area contributed by atoms with Gasteiger partial charge in [0.1, 0.15) is 0 Å². The van der Waals surface area contributed by atoms with E-state index in [1.165, 1.54) is 12.8 Å². The molecule has 1 aliphatic rings. The SMILES string of the molecule is Cc1c[c-]cc(C)c1CC(=O)NC1(C)CCC(C)CC1.[Y]. The van der Waals surface area contributed by atoms with Crippen molar-refractivity contribution in [2.45, 2.75) is 65.3 Å². The summed E-state index contributed by atoms with van der Waals surface area (Å²) < 4.78 is 0. The van der Waals surface area contributed by atoms with Crippen molar-refractivity contribution in [3.05, 3.63) is 34.9 Å². The van der Waals surface area contributed by atoms with Crippen LogP contribution in [0.25, 0.3) is 0 Å². The summed E-state index contributed by atoms with van der Waals surface area (Å²) in [6, 6.07) is 7.02. The number of carbonyl (C=O) groups is 1. The maximum Gasteiger partial charge on any atom is 0.222 e. The topological polar surface area (TPSA) is 29.1 Å². The van der Waals surface area contributed by atoms with Crippen molar-refractivity contribution in [3.8, 4) is 0 Å². The Bertz CT molecular complexity index is 470. The molecule has 0 bridgehead atoms. The van der Waals surface area contributed by atoms with Gasteiger partial charge in [-0.05, 0) is 38.5 Å². The molecule has 3 heteroatoms. The molecule has 2 nitrogen and oxygen atoms in total. The van der Waals surface area contributed by atoms with E-state index in [4.69, 9.17) is 0 Å². The van der Waals surface area contributed by atoms with E-state index in [1.54, 1.807) is 0 Å². The van der Waals surface area contributed by atoms with Crippen LogP contribution in [0, 0.1) is 25.8 Å². The Morgan fingerprint density at radius 1 is 1.29 bits per heavy atom. The first-order valence-electron chi connectivity index (χ1n) is 7.67. The van der Waals surface area contributed by atoms with Crippen molar-refractivity contribution in [2.24, 2.45) is 5.92 Å². The van der Waals surface area contributed by atoms with Gasteiger partial charge in [0.2, 0.25) is 5.91 Å². The first-order valence-corrected chi connectivity index (χ1v) is 7.67. The fourth-order valence-corrected chi connectivity index (χ4v) is 3.12. The molecule has 21 heavy (non-hydrogen) atoms. The van der Waals surface area contributed by atoms with Crippen LogP contribution in [0.2, 0.25) is 0 Å². The first kappa shape index (κ1) is 18.8. The molecule has 1 aromatic rings. The second kappa shape index (κ2) is 7.88. The molecule has 2 rings (SSSR count). The van der Waals surface area contributed by atoms with Crippen molar-refractivity contribution in [1.82, 2.24) is 5.32 Å². The van der Waals surface area contributed by atoms with Gasteiger partial charge in [0, 0.05) is 44.7 Å². The minimum Gasteiger partial charge on any atom is -0.351 e. The predicted molar refractivity (Wildman–Crippen MR) is 82.6 cm³/mol. The number of benzene rings is 1. The number of aryl methyl sites for hydroxylation is 2. The fraction of sp³-hybridized carbons (Fsp3) is 0.611. The minimum absolute atomic E-state index is 0. The third-order valence-corrected chi connectivity index (χ3v) is 4.71. The van der Waals surface area contributed by atoms with Gasteiger partial charge in [-0.1, -0.05) is 20.8 Å². The number of hydrogen-bond donors (Lipinski definition) is 1. The molecule has 0 saturated heterocycles. The summed E-state index contributed by atoms with van der Waals surface area (Å²) in [7, 11) is 0. The Labute approximate surface area is 154 Å². The summed E-state index contributed by atoms with van der Waals surface area (Å²) in [4.78, 5) is 12.4. The van der Waals surface area contributed by atoms with E-state index >= 15 is 0 Å². The molecular formula is C18H26NOY-. The minimum atomic E-state index is -0.00763. The van der Waals surface area contributed by atoms with Crippen LogP contribution in [0.5, 0.6) is 0 Å². The van der Waals surface area contributed by atoms with E-state index in [-0.39, 0.29) is 44.2 Å². The van der Waals surface area contributed by atoms with Crippen LogP contribution in [-0.2, 0) is 43.9 Å². The number of nitrogens with one attached hydrogen (secondary N) is 1. The van der Waals surface area contributed by atoms with Crippen LogP contribution in [-0.4, -0.2) is 11.4 Å². The molecule has 0 spiro atoms. The number of hydrogen-bond acceptors (Lipinski definition) is 1. The van der Waals surface area contributed by atoms with Gasteiger partial charge in [-0.2, -0.15) is 29.3 Å². The van der Waals surface area contributed by atoms with Gasteiger partial charge in [0.05, 0.1) is 0 Å². The third kappa shape index (κ3) is 5.18. The Morgan fingerprint density at radius 3 is 2.33 bits per heavy atom. The summed E-state index contributed by atoms with van der Waals surface area (Å²) in [5.74, 6) is 0.952. The maximum absolute atomic E-state index is 12.4. The van der Waals surface area contributed by atoms with Crippen LogP contribution in [0.15, 0.2) is 12.1 Å². The van der Waals surface area contributed by atoms with Crippen LogP contribution >= 0.6 is 0 Å². The zero-order chi connectivity index (χ0) is 14.8. The molecule has 0 atom stereocenters. The molecule has 1 amide bonds. The molecule has 1 N–H and O–H groups in total. The fourth-order valence-electron chi connectivity index (χ4n) is 3.12. The Morgan fingerprint density at radius 2 is 1.81 bits per heavy atom. The molecule has 0 unspecified atom stereocenters. The normalized spacial score (nSPS) is 25.0. The van der Waals surface area contributed by atoms with Crippen LogP contribution in [0.1, 0.15) is 56.2 Å². The number of rotatable bonds is 3. The largest absolute Gasteiger partial charge is 0.351 e. The van der Waals surface area contributed by atoms with Crippen molar-refractivity contribution in [3.63, 3.8) is 0 Å². The summed E-state index contributed by atoms with van der Waals surface area (Å²) in [5, 5.41) is 3.27. The van der Waals surface area contributed by atoms with Gasteiger partial charge in [-0.3, -0.25) is 4.79 Å². The van der Waals surface area contributed by atoms with E-state index in [9.17, 15) is 4.79 Å². The van der Waals surface area contributed by atoms with Crippen LogP contribution in [0.4, 0.5) is 0 Å². The molecule has 0 aliphatic heterocycles. The predicted octanol–water partition coefficient (Wildman–Crippen LogP) is 3.73. The van der Waals surface area contributed by atoms with Crippen molar-refractivity contribution in [2.75, 3.05) is 0 Å². The molecular weight excluding hydrogens is 335 g/mol. The number of amides is 1. The Balaban J connectivity index is 0.00000220. The van der Waals surface area contributed by atoms with E-state index in [0.29, 0.717) is 6.42 Å². The average molecular weight is 361 g/mol. The quantitative estimate of drug-likeness (QED) is 0.817. The second-order valence-corrected chi connectivity index (χ2v) is 6.77. The summed E-state index contributed by atoms with van der Waals surface area (Å²) >= 11 is 0. The summed E-state index contributed by atoms with van der Waals surface area (Å²) in [5.41, 5.74) is 3.45. The monoisotopic (exact) mass is 361 g/mol. The first-order chi connectivity index (χ1) is 9.39. The van der Waals surface area contributed by atoms with Crippen molar-refractivity contribution < 1.29 is 37.5 Å². The molecule has 113 valence electrons. The van der Waals surface area contributed by atoms with Gasteiger partial charge in [-0.15, -0.1) is 5.56 Å². The molecule has 0 heterocycles. The van der Waals surface area contributed by atoms with Gasteiger partial charge in [0.25, 0.3) is 0 Å². The van der Waals surface area contributed by atoms with E-state index in [1.807, 2.05) is 12.1 Å². The summed E-state index contributed by atoms with van der Waals surface area (Å²) in [6.07, 6.45) is 5.11. The molecule has 1 saturated carbocycles. The molecule has 1 aromatic carbocycles. The van der Waals surface area contributed by atoms with Gasteiger partial charge in [-0.25, -0.2) is 0 Å². The maximum atomic E-state index is 12.4. The summed E-state index contributed by atoms with van der Waals surface area (Å²) in [6.45, 7) is 8.59. The van der Waals surface area contributed by atoms with Gasteiger partial charge >= 0.3 is 0 Å².